The number of pyridine rings is 2. The maximum atomic E-state index is 13.8. The van der Waals surface area contributed by atoms with Gasteiger partial charge >= 0.3 is 6.29 Å². The molecule has 0 unspecified atom stereocenters. The van der Waals surface area contributed by atoms with Crippen LogP contribution in [0.3, 0.4) is 0 Å². The molecule has 2 saturated carbocycles. The number of aliphatic hydroxyl groups is 1. The number of fused-ring (bicyclic) bond motifs is 2. The zero-order valence-electron chi connectivity index (χ0n) is 25.7. The molecule has 0 radical (unpaired) electrons. The number of nitrogens with one attached hydrogen (secondary N) is 1. The first-order valence-corrected chi connectivity index (χ1v) is 15.4. The summed E-state index contributed by atoms with van der Waals surface area (Å²) in [7, 11) is 1.51. The van der Waals surface area contributed by atoms with Crippen molar-refractivity contribution >= 4 is 17.5 Å². The quantitative estimate of drug-likeness (QED) is 0.206. The van der Waals surface area contributed by atoms with Gasteiger partial charge < -0.3 is 39.5 Å². The lowest BCUT2D eigenvalue weighted by atomic mass is 9.90. The summed E-state index contributed by atoms with van der Waals surface area (Å²) in [4.78, 5) is 35.1. The van der Waals surface area contributed by atoms with Crippen LogP contribution in [0.4, 0.5) is 8.78 Å². The highest BCUT2D eigenvalue weighted by molar-refractivity contribution is 5.95. The Morgan fingerprint density at radius 1 is 1.13 bits per heavy atom. The maximum Gasteiger partial charge on any atom is 0.586 e. The summed E-state index contributed by atoms with van der Waals surface area (Å²) in [6.07, 6.45) is 2.98. The molecule has 1 aliphatic heterocycles. The Morgan fingerprint density at radius 2 is 1.89 bits per heavy atom. The summed E-state index contributed by atoms with van der Waals surface area (Å²) in [5.41, 5.74) is 6.79. The topological polar surface area (TPSA) is 160 Å². The lowest BCUT2D eigenvalue weighted by Crippen LogP contribution is -2.43. The Balaban J connectivity index is 1.24. The minimum atomic E-state index is -3.83. The molecular weight excluding hydrogens is 616 g/mol. The Kier molecular flexibility index (Phi) is 7.42. The summed E-state index contributed by atoms with van der Waals surface area (Å²) >= 11 is 0. The number of nitrogens with zero attached hydrogens (tertiary/aromatic N) is 3. The molecule has 2 fully saturated rings. The molecular formula is C33H33F2N5O7. The van der Waals surface area contributed by atoms with Gasteiger partial charge in [-0.05, 0) is 68.9 Å². The van der Waals surface area contributed by atoms with Crippen LogP contribution < -0.4 is 30.0 Å². The van der Waals surface area contributed by atoms with Gasteiger partial charge in [0.25, 0.3) is 5.91 Å². The van der Waals surface area contributed by atoms with Crippen LogP contribution >= 0.6 is 0 Å². The summed E-state index contributed by atoms with van der Waals surface area (Å²) < 4.78 is 50.0. The Morgan fingerprint density at radius 3 is 2.57 bits per heavy atom. The monoisotopic (exact) mass is 649 g/mol. The van der Waals surface area contributed by atoms with Gasteiger partial charge in [0, 0.05) is 29.4 Å². The molecule has 12 nitrogen and oxygen atoms in total. The van der Waals surface area contributed by atoms with Gasteiger partial charge in [-0.1, -0.05) is 0 Å². The number of methoxy groups -OCH3 is 1. The van der Waals surface area contributed by atoms with Crippen molar-refractivity contribution in [3.8, 4) is 34.3 Å². The number of hydrogen-bond acceptors (Lipinski definition) is 9. The van der Waals surface area contributed by atoms with Crippen molar-refractivity contribution in [2.24, 2.45) is 11.7 Å². The fourth-order valence-electron chi connectivity index (χ4n) is 5.98. The van der Waals surface area contributed by atoms with E-state index < -0.39 is 23.7 Å². The second kappa shape index (κ2) is 11.4. The highest BCUT2D eigenvalue weighted by Gasteiger charge is 2.47. The van der Waals surface area contributed by atoms with Crippen molar-refractivity contribution in [1.29, 1.82) is 0 Å². The van der Waals surface area contributed by atoms with Gasteiger partial charge in [0.1, 0.15) is 17.0 Å². The number of nitrogens with two attached hydrogens (primary N) is 1. The van der Waals surface area contributed by atoms with Crippen LogP contribution in [-0.4, -0.2) is 57.8 Å². The van der Waals surface area contributed by atoms with E-state index in [9.17, 15) is 23.5 Å². The van der Waals surface area contributed by atoms with Crippen LogP contribution in [0.15, 0.2) is 42.7 Å². The molecule has 1 aromatic carbocycles. The lowest BCUT2D eigenvalue weighted by molar-refractivity contribution is -0.286. The molecule has 4 heterocycles. The first-order chi connectivity index (χ1) is 22.5. The van der Waals surface area contributed by atoms with Gasteiger partial charge in [-0.2, -0.15) is 0 Å². The summed E-state index contributed by atoms with van der Waals surface area (Å²) in [5.74, 6) is -0.677. The fraction of sp³-hybridized carbons (Fsp3) is 0.394. The Bertz CT molecular complexity index is 1910. The van der Waals surface area contributed by atoms with Gasteiger partial charge in [0.2, 0.25) is 5.91 Å². The van der Waals surface area contributed by atoms with Crippen molar-refractivity contribution < 1.29 is 42.4 Å². The largest absolute Gasteiger partial charge is 0.586 e. The number of primary amides is 1. The number of aromatic nitrogens is 3. The standard InChI is InChI=1S/C33H33F2N5O7/c1-3-45-29-19(13-27(36)41)12-26(39-28(29)18-6-9-23-24(10-18)47-33(34,35)46-23)32(43,21-7-8-21)16-37-31(42)20-11-25(44-2)30-38-22(17-4-5-17)15-40(30)14-20/h6,9-12,14-15,17,21,43H,3-5,7-8,13,16H2,1-2H3,(H2,36,41)(H,37,42)/t32-/m1/s1. The third-order valence-electron chi connectivity index (χ3n) is 8.61. The normalized spacial score (nSPS) is 17.7. The Hall–Kier alpha value is -4.98. The van der Waals surface area contributed by atoms with E-state index in [0.717, 1.165) is 18.5 Å². The average Bonchev–Trinajstić information content (AvgIpc) is 3.97. The number of amides is 2. The summed E-state index contributed by atoms with van der Waals surface area (Å²) in [6, 6.07) is 7.29. The predicted molar refractivity (Wildman–Crippen MR) is 163 cm³/mol. The van der Waals surface area contributed by atoms with E-state index in [0.29, 0.717) is 46.8 Å². The van der Waals surface area contributed by atoms with Gasteiger partial charge in [-0.15, -0.1) is 8.78 Å². The number of imidazole rings is 1. The van der Waals surface area contributed by atoms with E-state index in [1.54, 1.807) is 29.7 Å². The molecule has 2 aliphatic carbocycles. The summed E-state index contributed by atoms with van der Waals surface area (Å²) in [6.45, 7) is 1.72. The number of ether oxygens (including phenoxy) is 4. The van der Waals surface area contributed by atoms with E-state index in [2.05, 4.69) is 19.8 Å². The molecule has 47 heavy (non-hydrogen) atoms. The zero-order chi connectivity index (χ0) is 33.1. The number of carbonyl (C=O) groups excluding carboxylic acids is 2. The van der Waals surface area contributed by atoms with Gasteiger partial charge in [0.05, 0.1) is 43.6 Å². The highest BCUT2D eigenvalue weighted by atomic mass is 19.3. The molecule has 3 aliphatic rings. The van der Waals surface area contributed by atoms with Crippen LogP contribution in [0, 0.1) is 5.92 Å². The van der Waals surface area contributed by atoms with Crippen LogP contribution in [0.5, 0.6) is 23.0 Å². The van der Waals surface area contributed by atoms with Crippen molar-refractivity contribution in [2.75, 3.05) is 20.3 Å². The second-order valence-electron chi connectivity index (χ2n) is 12.1. The molecule has 14 heteroatoms. The molecule has 246 valence electrons. The first kappa shape index (κ1) is 30.7. The van der Waals surface area contributed by atoms with Crippen LogP contribution in [0.2, 0.25) is 0 Å². The number of carbonyl (C=O) groups is 2. The predicted octanol–water partition coefficient (Wildman–Crippen LogP) is 4.06. The van der Waals surface area contributed by atoms with E-state index in [1.165, 1.54) is 25.3 Å². The summed E-state index contributed by atoms with van der Waals surface area (Å²) in [5, 5.41) is 15.1. The van der Waals surface area contributed by atoms with Gasteiger partial charge in [-0.25, -0.2) is 9.97 Å². The van der Waals surface area contributed by atoms with Crippen molar-refractivity contribution in [3.63, 3.8) is 0 Å². The second-order valence-corrected chi connectivity index (χ2v) is 12.1. The maximum absolute atomic E-state index is 13.8. The smallest absolute Gasteiger partial charge is 0.493 e. The minimum Gasteiger partial charge on any atom is -0.493 e. The first-order valence-electron chi connectivity index (χ1n) is 15.4. The average molecular weight is 650 g/mol. The molecule has 0 bridgehead atoms. The van der Waals surface area contributed by atoms with Crippen molar-refractivity contribution in [2.45, 2.75) is 56.8 Å². The SMILES string of the molecule is CCOc1c(CC(N)=O)cc([C@@](O)(CNC(=O)c2cc(OC)c3nc(C4CC4)cn3c2)C2CC2)nc1-c1ccc2c(c1)OC(F)(F)O2. The lowest BCUT2D eigenvalue weighted by Gasteiger charge is -2.30. The Labute approximate surface area is 267 Å². The fourth-order valence-corrected chi connectivity index (χ4v) is 5.98. The molecule has 3 aromatic heterocycles. The minimum absolute atomic E-state index is 0.156. The van der Waals surface area contributed by atoms with Crippen LogP contribution in [0.25, 0.3) is 16.9 Å². The number of rotatable bonds is 12. The third kappa shape index (κ3) is 5.88. The molecule has 4 N–H and O–H groups in total. The molecule has 4 aromatic rings. The van der Waals surface area contributed by atoms with Crippen molar-refractivity contribution in [1.82, 2.24) is 19.7 Å². The van der Waals surface area contributed by atoms with Gasteiger partial charge in [0.15, 0.2) is 22.9 Å². The number of halogens is 2. The molecule has 2 amide bonds. The van der Waals surface area contributed by atoms with E-state index >= 15 is 0 Å². The van der Waals surface area contributed by atoms with Crippen LogP contribution in [0.1, 0.15) is 65.8 Å². The highest BCUT2D eigenvalue weighted by Crippen LogP contribution is 2.48. The molecule has 0 spiro atoms. The zero-order valence-corrected chi connectivity index (χ0v) is 25.7. The van der Waals surface area contributed by atoms with E-state index in [1.807, 2.05) is 6.20 Å². The van der Waals surface area contributed by atoms with E-state index in [-0.39, 0.29) is 54.1 Å². The molecule has 1 atom stereocenters. The number of benzene rings is 1. The third-order valence-corrected chi connectivity index (χ3v) is 8.61. The van der Waals surface area contributed by atoms with Crippen molar-refractivity contribution in [3.05, 3.63) is 65.2 Å². The number of alkyl halides is 2. The van der Waals surface area contributed by atoms with E-state index in [4.69, 9.17) is 20.2 Å². The van der Waals surface area contributed by atoms with Gasteiger partial charge in [-0.3, -0.25) is 9.59 Å². The van der Waals surface area contributed by atoms with Crippen LogP contribution in [-0.2, 0) is 16.8 Å². The number of hydrogen-bond donors (Lipinski definition) is 3. The molecule has 7 rings (SSSR count). The molecule has 0 saturated heterocycles.